The minimum Gasteiger partial charge on any atom is -0.497 e. The molecule has 0 spiro atoms. The molecule has 1 aliphatic carbocycles. The number of benzene rings is 2. The lowest BCUT2D eigenvalue weighted by molar-refractivity contribution is -0.143. The predicted molar refractivity (Wildman–Crippen MR) is 94.4 cm³/mol. The van der Waals surface area contributed by atoms with Gasteiger partial charge >= 0.3 is 5.97 Å². The highest BCUT2D eigenvalue weighted by Crippen LogP contribution is 2.53. The molecule has 1 saturated carbocycles. The maximum Gasteiger partial charge on any atom is 0.302 e. The van der Waals surface area contributed by atoms with Crippen molar-refractivity contribution in [2.75, 3.05) is 13.7 Å². The summed E-state index contributed by atoms with van der Waals surface area (Å²) in [4.78, 5) is 11.2. The number of esters is 1. The van der Waals surface area contributed by atoms with Crippen LogP contribution in [0.2, 0.25) is 0 Å². The highest BCUT2D eigenvalue weighted by atomic mass is 16.5. The number of carbonyl (C=O) groups is 1. The second-order valence-corrected chi connectivity index (χ2v) is 6.61. The number of hydrogen-bond donors (Lipinski definition) is 0. The molecule has 2 aromatic rings. The molecule has 1 fully saturated rings. The average molecular weight is 324 g/mol. The molecule has 1 aliphatic rings. The smallest absolute Gasteiger partial charge is 0.302 e. The molecule has 0 saturated heterocycles. The zero-order valence-electron chi connectivity index (χ0n) is 14.5. The van der Waals surface area contributed by atoms with Crippen molar-refractivity contribution in [1.29, 1.82) is 0 Å². The Bertz CT molecular complexity index is 688. The Morgan fingerprint density at radius 1 is 1.04 bits per heavy atom. The molecule has 0 bridgehead atoms. The third-order valence-electron chi connectivity index (χ3n) is 5.00. The van der Waals surface area contributed by atoms with E-state index in [1.807, 2.05) is 12.1 Å². The van der Waals surface area contributed by atoms with Crippen LogP contribution in [-0.2, 0) is 9.53 Å². The summed E-state index contributed by atoms with van der Waals surface area (Å²) < 4.78 is 10.5. The fraction of sp³-hybridized carbons (Fsp3) is 0.381. The number of rotatable bonds is 5. The Morgan fingerprint density at radius 3 is 2.25 bits per heavy atom. The summed E-state index contributed by atoms with van der Waals surface area (Å²) in [5, 5.41) is 0. The van der Waals surface area contributed by atoms with E-state index in [9.17, 15) is 4.79 Å². The molecule has 3 nitrogen and oxygen atoms in total. The first-order valence-corrected chi connectivity index (χ1v) is 8.42. The van der Waals surface area contributed by atoms with Gasteiger partial charge in [0, 0.05) is 12.8 Å². The van der Waals surface area contributed by atoms with Crippen LogP contribution in [0.4, 0.5) is 0 Å². The highest BCUT2D eigenvalue weighted by Gasteiger charge is 2.43. The van der Waals surface area contributed by atoms with Crippen LogP contribution < -0.4 is 4.74 Å². The topological polar surface area (TPSA) is 35.5 Å². The monoisotopic (exact) mass is 324 g/mol. The van der Waals surface area contributed by atoms with Crippen LogP contribution in [-0.4, -0.2) is 19.7 Å². The Hall–Kier alpha value is -2.29. The number of aryl methyl sites for hydroxylation is 1. The van der Waals surface area contributed by atoms with E-state index in [0.29, 0.717) is 24.4 Å². The molecule has 3 heteroatoms. The van der Waals surface area contributed by atoms with Crippen molar-refractivity contribution in [1.82, 2.24) is 0 Å². The molecular formula is C21H24O3. The minimum atomic E-state index is -0.206. The fourth-order valence-electron chi connectivity index (χ4n) is 3.64. The second-order valence-electron chi connectivity index (χ2n) is 6.61. The van der Waals surface area contributed by atoms with Crippen molar-refractivity contribution in [2.24, 2.45) is 5.92 Å². The quantitative estimate of drug-likeness (QED) is 0.762. The highest BCUT2D eigenvalue weighted by molar-refractivity contribution is 5.65. The number of hydrogen-bond acceptors (Lipinski definition) is 3. The van der Waals surface area contributed by atoms with E-state index >= 15 is 0 Å². The van der Waals surface area contributed by atoms with Crippen LogP contribution >= 0.6 is 0 Å². The van der Waals surface area contributed by atoms with E-state index in [1.54, 1.807) is 7.11 Å². The number of methoxy groups -OCH3 is 1. The van der Waals surface area contributed by atoms with Crippen LogP contribution in [0, 0.1) is 12.8 Å². The summed E-state index contributed by atoms with van der Waals surface area (Å²) in [5.41, 5.74) is 3.92. The van der Waals surface area contributed by atoms with Gasteiger partial charge < -0.3 is 9.47 Å². The lowest BCUT2D eigenvalue weighted by Gasteiger charge is -2.45. The zero-order chi connectivity index (χ0) is 17.1. The second kappa shape index (κ2) is 7.08. The Labute approximate surface area is 143 Å². The van der Waals surface area contributed by atoms with Crippen molar-refractivity contribution in [2.45, 2.75) is 32.1 Å². The first-order chi connectivity index (χ1) is 11.6. The molecule has 3 atom stereocenters. The van der Waals surface area contributed by atoms with Gasteiger partial charge in [-0.25, -0.2) is 0 Å². The van der Waals surface area contributed by atoms with Gasteiger partial charge in [-0.15, -0.1) is 0 Å². The van der Waals surface area contributed by atoms with Gasteiger partial charge in [0.15, 0.2) is 0 Å². The minimum absolute atomic E-state index is 0.206. The van der Waals surface area contributed by atoms with E-state index in [2.05, 4.69) is 43.3 Å². The molecule has 0 amide bonds. The molecule has 126 valence electrons. The number of ether oxygens (including phenoxy) is 2. The Morgan fingerprint density at radius 2 is 1.67 bits per heavy atom. The maximum absolute atomic E-state index is 11.2. The molecule has 0 N–H and O–H groups in total. The van der Waals surface area contributed by atoms with E-state index in [1.165, 1.54) is 23.6 Å². The standard InChI is InChI=1S/C21H24O3/c1-14-4-6-16(7-5-14)20-12-18(13-24-15(2)22)21(20)17-8-10-19(23-3)11-9-17/h4-11,18,20-21H,12-13H2,1-3H3/t18-,20+,21-/m1/s1. The van der Waals surface area contributed by atoms with Crippen molar-refractivity contribution in [3.63, 3.8) is 0 Å². The van der Waals surface area contributed by atoms with Gasteiger partial charge in [0.25, 0.3) is 0 Å². The summed E-state index contributed by atoms with van der Waals surface area (Å²) in [6, 6.07) is 17.0. The SMILES string of the molecule is COc1ccc([C@@H]2[C@@H](COC(C)=O)C[C@H]2c2ccc(C)cc2)cc1. The summed E-state index contributed by atoms with van der Waals surface area (Å²) in [7, 11) is 1.68. The van der Waals surface area contributed by atoms with Crippen LogP contribution in [0.1, 0.15) is 41.9 Å². The van der Waals surface area contributed by atoms with Gasteiger partial charge in [0.05, 0.1) is 13.7 Å². The van der Waals surface area contributed by atoms with E-state index in [-0.39, 0.29) is 5.97 Å². The van der Waals surface area contributed by atoms with Crippen LogP contribution in [0.15, 0.2) is 48.5 Å². The van der Waals surface area contributed by atoms with E-state index < -0.39 is 0 Å². The van der Waals surface area contributed by atoms with Crippen molar-refractivity contribution in [3.05, 3.63) is 65.2 Å². The Kier molecular flexibility index (Phi) is 4.89. The van der Waals surface area contributed by atoms with Crippen molar-refractivity contribution < 1.29 is 14.3 Å². The molecular weight excluding hydrogens is 300 g/mol. The first kappa shape index (κ1) is 16.6. The molecule has 0 aromatic heterocycles. The maximum atomic E-state index is 11.2. The summed E-state index contributed by atoms with van der Waals surface area (Å²) in [6.45, 7) is 4.07. The summed E-state index contributed by atoms with van der Waals surface area (Å²) in [5.74, 6) is 1.87. The van der Waals surface area contributed by atoms with Gasteiger partial charge in [0.2, 0.25) is 0 Å². The predicted octanol–water partition coefficient (Wildman–Crippen LogP) is 4.45. The molecule has 0 aliphatic heterocycles. The van der Waals surface area contributed by atoms with Crippen LogP contribution in [0.5, 0.6) is 5.75 Å². The van der Waals surface area contributed by atoms with Crippen LogP contribution in [0.25, 0.3) is 0 Å². The van der Waals surface area contributed by atoms with Gasteiger partial charge in [-0.05, 0) is 48.4 Å². The zero-order valence-corrected chi connectivity index (χ0v) is 14.5. The van der Waals surface area contributed by atoms with Gasteiger partial charge in [-0.2, -0.15) is 0 Å². The van der Waals surface area contributed by atoms with Gasteiger partial charge in [-0.1, -0.05) is 42.0 Å². The van der Waals surface area contributed by atoms with E-state index in [0.717, 1.165) is 12.2 Å². The van der Waals surface area contributed by atoms with Gasteiger partial charge in [-0.3, -0.25) is 4.79 Å². The normalized spacial score (nSPS) is 22.5. The lowest BCUT2D eigenvalue weighted by atomic mass is 9.60. The largest absolute Gasteiger partial charge is 0.497 e. The summed E-state index contributed by atoms with van der Waals surface area (Å²) in [6.07, 6.45) is 1.05. The fourth-order valence-corrected chi connectivity index (χ4v) is 3.64. The van der Waals surface area contributed by atoms with Crippen LogP contribution in [0.3, 0.4) is 0 Å². The van der Waals surface area contributed by atoms with Crippen molar-refractivity contribution in [3.8, 4) is 5.75 Å². The molecule has 0 heterocycles. The van der Waals surface area contributed by atoms with Gasteiger partial charge in [0.1, 0.15) is 5.75 Å². The van der Waals surface area contributed by atoms with E-state index in [4.69, 9.17) is 9.47 Å². The average Bonchev–Trinajstić information content (AvgIpc) is 2.56. The third-order valence-corrected chi connectivity index (χ3v) is 5.00. The first-order valence-electron chi connectivity index (χ1n) is 8.42. The number of carbonyl (C=O) groups excluding carboxylic acids is 1. The molecule has 3 rings (SSSR count). The molecule has 24 heavy (non-hydrogen) atoms. The van der Waals surface area contributed by atoms with Crippen molar-refractivity contribution >= 4 is 5.97 Å². The summed E-state index contributed by atoms with van der Waals surface area (Å²) >= 11 is 0. The molecule has 0 unspecified atom stereocenters. The molecule has 0 radical (unpaired) electrons. The molecule has 2 aromatic carbocycles. The third kappa shape index (κ3) is 3.45. The lowest BCUT2D eigenvalue weighted by Crippen LogP contribution is -2.36. The Balaban J connectivity index is 1.83.